The van der Waals surface area contributed by atoms with Crippen molar-refractivity contribution in [1.82, 2.24) is 19.7 Å². The van der Waals surface area contributed by atoms with Crippen molar-refractivity contribution in [2.75, 3.05) is 38.2 Å². The third-order valence-electron chi connectivity index (χ3n) is 5.10. The Balaban J connectivity index is 1.41. The Morgan fingerprint density at radius 1 is 1.21 bits per heavy atom. The van der Waals surface area contributed by atoms with Gasteiger partial charge in [0, 0.05) is 44.1 Å². The van der Waals surface area contributed by atoms with Crippen LogP contribution in [0, 0.1) is 6.92 Å². The van der Waals surface area contributed by atoms with E-state index in [1.807, 2.05) is 42.2 Å². The van der Waals surface area contributed by atoms with Gasteiger partial charge in [0.05, 0.1) is 23.3 Å². The first kappa shape index (κ1) is 18.6. The molecule has 0 atom stereocenters. The minimum absolute atomic E-state index is 0.0709. The number of pyridine rings is 1. The molecular formula is C20H22ClN5O2. The fourth-order valence-corrected chi connectivity index (χ4v) is 3.77. The smallest absolute Gasteiger partial charge is 0.244 e. The van der Waals surface area contributed by atoms with Crippen LogP contribution in [0.25, 0.3) is 11.0 Å². The highest BCUT2D eigenvalue weighted by molar-refractivity contribution is 6.32. The van der Waals surface area contributed by atoms with E-state index in [0.717, 1.165) is 35.5 Å². The van der Waals surface area contributed by atoms with Crippen molar-refractivity contribution in [1.29, 1.82) is 0 Å². The fourth-order valence-electron chi connectivity index (χ4n) is 3.57. The number of piperazine rings is 1. The molecule has 1 aliphatic heterocycles. The number of halogens is 1. The zero-order valence-electron chi connectivity index (χ0n) is 15.9. The maximum absolute atomic E-state index is 12.8. The zero-order chi connectivity index (χ0) is 19.7. The van der Waals surface area contributed by atoms with Gasteiger partial charge in [-0.25, -0.2) is 0 Å². The van der Waals surface area contributed by atoms with Crippen LogP contribution in [0.3, 0.4) is 0 Å². The first-order valence-electron chi connectivity index (χ1n) is 9.21. The third-order valence-corrected chi connectivity index (χ3v) is 5.41. The lowest BCUT2D eigenvalue weighted by atomic mass is 10.2. The summed E-state index contributed by atoms with van der Waals surface area (Å²) < 4.78 is 7.05. The molecule has 4 rings (SSSR count). The molecule has 3 aromatic rings. The highest BCUT2D eigenvalue weighted by atomic mass is 35.5. The van der Waals surface area contributed by atoms with Gasteiger partial charge in [-0.3, -0.25) is 14.5 Å². The first-order valence-corrected chi connectivity index (χ1v) is 9.59. The van der Waals surface area contributed by atoms with Crippen LogP contribution in [-0.2, 0) is 11.3 Å². The van der Waals surface area contributed by atoms with E-state index in [9.17, 15) is 4.79 Å². The summed E-state index contributed by atoms with van der Waals surface area (Å²) in [5, 5.41) is 5.08. The summed E-state index contributed by atoms with van der Waals surface area (Å²) in [6.07, 6.45) is 1.74. The number of carbonyl (C=O) groups is 1. The molecule has 0 N–H and O–H groups in total. The number of amides is 1. The van der Waals surface area contributed by atoms with Gasteiger partial charge in [0.15, 0.2) is 0 Å². The zero-order valence-corrected chi connectivity index (χ0v) is 16.7. The average Bonchev–Trinajstić information content (AvgIpc) is 3.04. The maximum atomic E-state index is 12.8. The van der Waals surface area contributed by atoms with Gasteiger partial charge in [0.25, 0.3) is 0 Å². The molecule has 0 radical (unpaired) electrons. The number of carbonyl (C=O) groups excluding carboxylic acids is 1. The van der Waals surface area contributed by atoms with Gasteiger partial charge < -0.3 is 14.5 Å². The van der Waals surface area contributed by atoms with E-state index in [2.05, 4.69) is 15.0 Å². The predicted octanol–water partition coefficient (Wildman–Crippen LogP) is 2.75. The largest absolute Gasteiger partial charge is 0.495 e. The van der Waals surface area contributed by atoms with Gasteiger partial charge in [-0.1, -0.05) is 11.6 Å². The number of ether oxygens (including phenoxy) is 1. The summed E-state index contributed by atoms with van der Waals surface area (Å²) in [7, 11) is 1.61. The molecule has 0 unspecified atom stereocenters. The van der Waals surface area contributed by atoms with Gasteiger partial charge in [0.2, 0.25) is 5.91 Å². The van der Waals surface area contributed by atoms with Crippen molar-refractivity contribution < 1.29 is 9.53 Å². The molecule has 8 heteroatoms. The van der Waals surface area contributed by atoms with E-state index in [1.54, 1.807) is 18.0 Å². The Morgan fingerprint density at radius 2 is 2.00 bits per heavy atom. The minimum atomic E-state index is 0.0709. The van der Waals surface area contributed by atoms with Crippen molar-refractivity contribution in [3.63, 3.8) is 0 Å². The topological polar surface area (TPSA) is 63.5 Å². The number of nitrogens with zero attached hydrogens (tertiary/aromatic N) is 5. The summed E-state index contributed by atoms with van der Waals surface area (Å²) in [6, 6.07) is 9.57. The molecule has 0 aliphatic carbocycles. The lowest BCUT2D eigenvalue weighted by Crippen LogP contribution is -2.49. The Kier molecular flexibility index (Phi) is 5.09. The Bertz CT molecular complexity index is 1010. The number of methoxy groups -OCH3 is 1. The molecule has 1 saturated heterocycles. The van der Waals surface area contributed by atoms with Crippen LogP contribution in [0.15, 0.2) is 36.5 Å². The van der Waals surface area contributed by atoms with Crippen LogP contribution in [0.5, 0.6) is 5.75 Å². The molecule has 1 aromatic carbocycles. The highest BCUT2D eigenvalue weighted by Crippen LogP contribution is 2.29. The molecule has 28 heavy (non-hydrogen) atoms. The molecule has 7 nitrogen and oxygen atoms in total. The van der Waals surface area contributed by atoms with Crippen molar-refractivity contribution in [2.45, 2.75) is 13.5 Å². The second-order valence-corrected chi connectivity index (χ2v) is 7.21. The molecule has 1 aliphatic rings. The SMILES string of the molecule is COc1cc(N2CCN(C(=O)Cn3nc(C)c4ncccc43)CC2)ccc1Cl. The van der Waals surface area contributed by atoms with Gasteiger partial charge in [-0.05, 0) is 31.2 Å². The predicted molar refractivity (Wildman–Crippen MR) is 109 cm³/mol. The fraction of sp³-hybridized carbons (Fsp3) is 0.350. The van der Waals surface area contributed by atoms with Crippen LogP contribution in [0.4, 0.5) is 5.69 Å². The maximum Gasteiger partial charge on any atom is 0.244 e. The van der Waals surface area contributed by atoms with Crippen molar-refractivity contribution in [3.05, 3.63) is 47.2 Å². The number of hydrogen-bond acceptors (Lipinski definition) is 5. The van der Waals surface area contributed by atoms with Crippen molar-refractivity contribution in [2.24, 2.45) is 0 Å². The van der Waals surface area contributed by atoms with E-state index in [0.29, 0.717) is 23.9 Å². The molecule has 1 amide bonds. The number of rotatable bonds is 4. The molecule has 3 heterocycles. The van der Waals surface area contributed by atoms with Gasteiger partial charge in [0.1, 0.15) is 17.8 Å². The highest BCUT2D eigenvalue weighted by Gasteiger charge is 2.23. The van der Waals surface area contributed by atoms with Crippen LogP contribution < -0.4 is 9.64 Å². The number of hydrogen-bond donors (Lipinski definition) is 0. The quantitative estimate of drug-likeness (QED) is 0.675. The van der Waals surface area contributed by atoms with Gasteiger partial charge in [-0.2, -0.15) is 5.10 Å². The first-order chi connectivity index (χ1) is 13.6. The third kappa shape index (κ3) is 3.49. The van der Waals surface area contributed by atoms with Crippen LogP contribution in [0.1, 0.15) is 5.69 Å². The minimum Gasteiger partial charge on any atom is -0.495 e. The van der Waals surface area contributed by atoms with Crippen LogP contribution in [-0.4, -0.2) is 58.9 Å². The molecule has 146 valence electrons. The average molecular weight is 400 g/mol. The summed E-state index contributed by atoms with van der Waals surface area (Å²) >= 11 is 6.11. The molecule has 1 fully saturated rings. The summed E-state index contributed by atoms with van der Waals surface area (Å²) in [4.78, 5) is 21.3. The molecular weight excluding hydrogens is 378 g/mol. The molecule has 2 aromatic heterocycles. The number of anilines is 1. The van der Waals surface area contributed by atoms with E-state index >= 15 is 0 Å². The van der Waals surface area contributed by atoms with E-state index < -0.39 is 0 Å². The lowest BCUT2D eigenvalue weighted by Gasteiger charge is -2.36. The van der Waals surface area contributed by atoms with Crippen molar-refractivity contribution in [3.8, 4) is 5.75 Å². The molecule has 0 bridgehead atoms. The van der Waals surface area contributed by atoms with E-state index in [1.165, 1.54) is 0 Å². The standard InChI is InChI=1S/C20H22ClN5O2/c1-14-20-17(4-3-7-22-20)26(23-14)13-19(27)25-10-8-24(9-11-25)15-5-6-16(21)18(12-15)28-2/h3-7,12H,8-11,13H2,1-2H3. The lowest BCUT2D eigenvalue weighted by molar-refractivity contribution is -0.132. The number of benzene rings is 1. The van der Waals surface area contributed by atoms with Gasteiger partial charge >= 0.3 is 0 Å². The van der Waals surface area contributed by atoms with Crippen LogP contribution in [0.2, 0.25) is 5.02 Å². The molecule has 0 spiro atoms. The molecule has 0 saturated carbocycles. The van der Waals surface area contributed by atoms with Crippen molar-refractivity contribution >= 4 is 34.2 Å². The number of aromatic nitrogens is 3. The Hall–Kier alpha value is -2.80. The Labute approximate surface area is 168 Å². The second-order valence-electron chi connectivity index (χ2n) is 6.80. The monoisotopic (exact) mass is 399 g/mol. The van der Waals surface area contributed by atoms with Crippen LogP contribution >= 0.6 is 11.6 Å². The normalized spacial score (nSPS) is 14.5. The summed E-state index contributed by atoms with van der Waals surface area (Å²) in [5.41, 5.74) is 3.62. The van der Waals surface area contributed by atoms with E-state index in [4.69, 9.17) is 16.3 Å². The number of aryl methyl sites for hydroxylation is 1. The Morgan fingerprint density at radius 3 is 2.75 bits per heavy atom. The second kappa shape index (κ2) is 7.67. The number of fused-ring (bicyclic) bond motifs is 1. The summed E-state index contributed by atoms with van der Waals surface area (Å²) in [6.45, 7) is 4.99. The summed E-state index contributed by atoms with van der Waals surface area (Å²) in [5.74, 6) is 0.730. The van der Waals surface area contributed by atoms with E-state index in [-0.39, 0.29) is 12.5 Å². The van der Waals surface area contributed by atoms with Gasteiger partial charge in [-0.15, -0.1) is 0 Å².